The largest absolute Gasteiger partial charge is 0.386 e. The zero-order valence-corrected chi connectivity index (χ0v) is 9.58. The van der Waals surface area contributed by atoms with Gasteiger partial charge in [0, 0.05) is 4.47 Å². The van der Waals surface area contributed by atoms with Crippen molar-refractivity contribution in [3.8, 4) is 0 Å². The Hall–Kier alpha value is -0.120. The molecule has 4 heteroatoms. The molecule has 1 N–H and O–H groups in total. The maximum Gasteiger partial charge on any atom is 0.143 e. The fourth-order valence-corrected chi connectivity index (χ4v) is 1.45. The molecule has 0 amide bonds. The third-order valence-electron chi connectivity index (χ3n) is 1.69. The zero-order valence-electron chi connectivity index (χ0n) is 7.24. The summed E-state index contributed by atoms with van der Waals surface area (Å²) in [5.74, 6) is -0.534. The van der Waals surface area contributed by atoms with Crippen molar-refractivity contribution >= 4 is 27.5 Å². The summed E-state index contributed by atoms with van der Waals surface area (Å²) < 4.78 is 13.5. The van der Waals surface area contributed by atoms with Gasteiger partial charge in [-0.05, 0) is 47.5 Å². The summed E-state index contributed by atoms with van der Waals surface area (Å²) in [5.41, 5.74) is -0.574. The van der Waals surface area contributed by atoms with Crippen LogP contribution in [0.2, 0.25) is 5.02 Å². The fourth-order valence-electron chi connectivity index (χ4n) is 0.909. The van der Waals surface area contributed by atoms with Gasteiger partial charge in [0.25, 0.3) is 0 Å². The summed E-state index contributed by atoms with van der Waals surface area (Å²) in [4.78, 5) is 0. The minimum atomic E-state index is -1.06. The Labute approximate surface area is 89.7 Å². The van der Waals surface area contributed by atoms with Crippen molar-refractivity contribution in [2.24, 2.45) is 0 Å². The Morgan fingerprint density at radius 2 is 2.00 bits per heavy atom. The summed E-state index contributed by atoms with van der Waals surface area (Å²) in [5, 5.41) is 9.63. The molecular weight excluding hydrogens is 258 g/mol. The van der Waals surface area contributed by atoms with Crippen LogP contribution in [0.4, 0.5) is 4.39 Å². The second kappa shape index (κ2) is 3.56. The van der Waals surface area contributed by atoms with E-state index in [0.717, 1.165) is 0 Å². The highest BCUT2D eigenvalue weighted by molar-refractivity contribution is 9.10. The molecule has 1 aromatic carbocycles. The molecule has 1 nitrogen and oxygen atoms in total. The Kier molecular flexibility index (Phi) is 3.00. The Morgan fingerprint density at radius 3 is 2.38 bits per heavy atom. The van der Waals surface area contributed by atoms with E-state index in [4.69, 9.17) is 11.6 Å². The van der Waals surface area contributed by atoms with Gasteiger partial charge in [-0.2, -0.15) is 0 Å². The molecule has 0 spiro atoms. The lowest BCUT2D eigenvalue weighted by Crippen LogP contribution is -2.15. The lowest BCUT2D eigenvalue weighted by Gasteiger charge is -2.18. The standard InChI is InChI=1S/C9H9BrClFO/c1-9(2,13)5-3-6(10)8(11)7(12)4-5/h3-4,13H,1-2H3. The summed E-state index contributed by atoms with van der Waals surface area (Å²) in [6, 6.07) is 2.83. The van der Waals surface area contributed by atoms with E-state index in [1.807, 2.05) is 0 Å². The predicted octanol–water partition coefficient (Wildman–Crippen LogP) is 3.47. The Bertz CT molecular complexity index is 310. The van der Waals surface area contributed by atoms with Gasteiger partial charge in [-0.3, -0.25) is 0 Å². The molecule has 0 radical (unpaired) electrons. The zero-order chi connectivity index (χ0) is 10.2. The maximum absolute atomic E-state index is 13.1. The number of benzene rings is 1. The third kappa shape index (κ3) is 2.42. The van der Waals surface area contributed by atoms with E-state index in [0.29, 0.717) is 10.0 Å². The first-order valence-electron chi connectivity index (χ1n) is 3.70. The van der Waals surface area contributed by atoms with Gasteiger partial charge in [-0.1, -0.05) is 11.6 Å². The molecule has 0 aliphatic rings. The van der Waals surface area contributed by atoms with E-state index < -0.39 is 11.4 Å². The molecule has 0 aliphatic heterocycles. The number of aliphatic hydroxyl groups is 1. The van der Waals surface area contributed by atoms with Crippen molar-refractivity contribution in [2.75, 3.05) is 0 Å². The molecule has 0 aliphatic carbocycles. The first-order valence-corrected chi connectivity index (χ1v) is 4.87. The highest BCUT2D eigenvalue weighted by Crippen LogP contribution is 2.31. The molecule has 0 heterocycles. The summed E-state index contributed by atoms with van der Waals surface area (Å²) in [6.45, 7) is 3.17. The molecular formula is C9H9BrClFO. The van der Waals surface area contributed by atoms with Crippen molar-refractivity contribution < 1.29 is 9.50 Å². The minimum Gasteiger partial charge on any atom is -0.386 e. The fraction of sp³-hybridized carbons (Fsp3) is 0.333. The van der Waals surface area contributed by atoms with Gasteiger partial charge in [0.15, 0.2) is 0 Å². The van der Waals surface area contributed by atoms with Gasteiger partial charge in [-0.25, -0.2) is 4.39 Å². The van der Waals surface area contributed by atoms with Crippen LogP contribution in [-0.4, -0.2) is 5.11 Å². The van der Waals surface area contributed by atoms with Crippen LogP contribution >= 0.6 is 27.5 Å². The van der Waals surface area contributed by atoms with E-state index in [-0.39, 0.29) is 5.02 Å². The number of hydrogen-bond donors (Lipinski definition) is 1. The van der Waals surface area contributed by atoms with Crippen molar-refractivity contribution in [2.45, 2.75) is 19.4 Å². The SMILES string of the molecule is CC(C)(O)c1cc(F)c(Cl)c(Br)c1. The molecule has 0 atom stereocenters. The van der Waals surface area contributed by atoms with Crippen LogP contribution in [0.3, 0.4) is 0 Å². The molecule has 0 aromatic heterocycles. The number of halogens is 3. The average Bonchev–Trinajstić information content (AvgIpc) is 1.97. The monoisotopic (exact) mass is 266 g/mol. The molecule has 0 saturated heterocycles. The van der Waals surface area contributed by atoms with Gasteiger partial charge in [0.2, 0.25) is 0 Å². The van der Waals surface area contributed by atoms with Crippen molar-refractivity contribution in [1.29, 1.82) is 0 Å². The van der Waals surface area contributed by atoms with E-state index >= 15 is 0 Å². The summed E-state index contributed by atoms with van der Waals surface area (Å²) in [6.07, 6.45) is 0. The molecule has 0 unspecified atom stereocenters. The first kappa shape index (κ1) is 11.0. The van der Waals surface area contributed by atoms with Crippen molar-refractivity contribution in [1.82, 2.24) is 0 Å². The molecule has 0 fully saturated rings. The topological polar surface area (TPSA) is 20.2 Å². The normalized spacial score (nSPS) is 11.8. The quantitative estimate of drug-likeness (QED) is 0.773. The second-order valence-electron chi connectivity index (χ2n) is 3.31. The third-order valence-corrected chi connectivity index (χ3v) is 2.93. The van der Waals surface area contributed by atoms with Gasteiger partial charge in [-0.15, -0.1) is 0 Å². The average molecular weight is 268 g/mol. The van der Waals surface area contributed by atoms with Gasteiger partial charge in [0.1, 0.15) is 5.82 Å². The van der Waals surface area contributed by atoms with Crippen LogP contribution in [-0.2, 0) is 5.60 Å². The van der Waals surface area contributed by atoms with E-state index in [1.165, 1.54) is 6.07 Å². The van der Waals surface area contributed by atoms with E-state index in [1.54, 1.807) is 19.9 Å². The van der Waals surface area contributed by atoms with Crippen LogP contribution in [0.1, 0.15) is 19.4 Å². The maximum atomic E-state index is 13.1. The van der Waals surface area contributed by atoms with Crippen molar-refractivity contribution in [3.05, 3.63) is 33.0 Å². The van der Waals surface area contributed by atoms with Crippen LogP contribution in [0.15, 0.2) is 16.6 Å². The number of hydrogen-bond acceptors (Lipinski definition) is 1. The van der Waals surface area contributed by atoms with Crippen LogP contribution in [0.5, 0.6) is 0 Å². The predicted molar refractivity (Wildman–Crippen MR) is 54.4 cm³/mol. The molecule has 0 saturated carbocycles. The minimum absolute atomic E-state index is 0.0352. The van der Waals surface area contributed by atoms with E-state index in [2.05, 4.69) is 15.9 Å². The molecule has 13 heavy (non-hydrogen) atoms. The van der Waals surface area contributed by atoms with E-state index in [9.17, 15) is 9.50 Å². The highest BCUT2D eigenvalue weighted by Gasteiger charge is 2.19. The lowest BCUT2D eigenvalue weighted by molar-refractivity contribution is 0.0782. The molecule has 72 valence electrons. The summed E-state index contributed by atoms with van der Waals surface area (Å²) in [7, 11) is 0. The van der Waals surface area contributed by atoms with Crippen molar-refractivity contribution in [3.63, 3.8) is 0 Å². The molecule has 0 bridgehead atoms. The number of rotatable bonds is 1. The molecule has 1 aromatic rings. The Morgan fingerprint density at radius 1 is 1.46 bits per heavy atom. The van der Waals surface area contributed by atoms with Gasteiger partial charge < -0.3 is 5.11 Å². The second-order valence-corrected chi connectivity index (χ2v) is 4.55. The summed E-state index contributed by atoms with van der Waals surface area (Å²) >= 11 is 8.70. The van der Waals surface area contributed by atoms with Crippen LogP contribution < -0.4 is 0 Å². The first-order chi connectivity index (χ1) is 5.82. The van der Waals surface area contributed by atoms with Crippen LogP contribution in [0, 0.1) is 5.82 Å². The smallest absolute Gasteiger partial charge is 0.143 e. The van der Waals surface area contributed by atoms with Gasteiger partial charge >= 0.3 is 0 Å². The lowest BCUT2D eigenvalue weighted by atomic mass is 9.99. The molecule has 1 rings (SSSR count). The van der Waals surface area contributed by atoms with Gasteiger partial charge in [0.05, 0.1) is 10.6 Å². The highest BCUT2D eigenvalue weighted by atomic mass is 79.9. The van der Waals surface area contributed by atoms with Crippen LogP contribution in [0.25, 0.3) is 0 Å². The Balaban J connectivity index is 3.29.